The zero-order valence-corrected chi connectivity index (χ0v) is 12.3. The molecule has 2 nitrogen and oxygen atoms in total. The molecule has 2 rings (SSSR count). The maximum Gasteiger partial charge on any atom is 0.227 e. The Morgan fingerprint density at radius 2 is 2.05 bits per heavy atom. The molecule has 1 aliphatic rings. The van der Waals surface area contributed by atoms with E-state index < -0.39 is 0 Å². The van der Waals surface area contributed by atoms with Crippen LogP contribution in [0.25, 0.3) is 0 Å². The Labute approximate surface area is 116 Å². The first-order valence-electron chi connectivity index (χ1n) is 7.51. The largest absolute Gasteiger partial charge is 0.326 e. The summed E-state index contributed by atoms with van der Waals surface area (Å²) in [5.41, 5.74) is 2.21. The zero-order chi connectivity index (χ0) is 13.8. The summed E-state index contributed by atoms with van der Waals surface area (Å²) in [4.78, 5) is 12.3. The molecule has 0 radical (unpaired) electrons. The molecule has 1 aliphatic carbocycles. The normalized spacial score (nSPS) is 22.7. The van der Waals surface area contributed by atoms with E-state index in [1.807, 2.05) is 18.2 Å². The molecule has 2 unspecified atom stereocenters. The second-order valence-corrected chi connectivity index (χ2v) is 6.02. The SMILES string of the molecule is CCC1CCC(C(=O)Nc2ccccc2C(C)C)C1. The van der Waals surface area contributed by atoms with E-state index in [1.165, 1.54) is 18.4 Å². The van der Waals surface area contributed by atoms with Crippen LogP contribution >= 0.6 is 0 Å². The lowest BCUT2D eigenvalue weighted by molar-refractivity contribution is -0.119. The summed E-state index contributed by atoms with van der Waals surface area (Å²) >= 11 is 0. The number of hydrogen-bond acceptors (Lipinski definition) is 1. The third-order valence-electron chi connectivity index (χ3n) is 4.33. The van der Waals surface area contributed by atoms with Gasteiger partial charge in [-0.1, -0.05) is 45.4 Å². The van der Waals surface area contributed by atoms with E-state index in [9.17, 15) is 4.79 Å². The van der Waals surface area contributed by atoms with E-state index >= 15 is 0 Å². The molecule has 1 saturated carbocycles. The molecule has 19 heavy (non-hydrogen) atoms. The highest BCUT2D eigenvalue weighted by atomic mass is 16.1. The van der Waals surface area contributed by atoms with Gasteiger partial charge in [0.25, 0.3) is 0 Å². The van der Waals surface area contributed by atoms with Gasteiger partial charge in [-0.05, 0) is 42.7 Å². The summed E-state index contributed by atoms with van der Waals surface area (Å²) < 4.78 is 0. The van der Waals surface area contributed by atoms with Crippen LogP contribution in [-0.4, -0.2) is 5.91 Å². The second kappa shape index (κ2) is 6.23. The van der Waals surface area contributed by atoms with Crippen molar-refractivity contribution < 1.29 is 4.79 Å². The summed E-state index contributed by atoms with van der Waals surface area (Å²) in [7, 11) is 0. The highest BCUT2D eigenvalue weighted by Crippen LogP contribution is 2.34. The highest BCUT2D eigenvalue weighted by Gasteiger charge is 2.29. The topological polar surface area (TPSA) is 29.1 Å². The van der Waals surface area contributed by atoms with Gasteiger partial charge in [0.05, 0.1) is 0 Å². The van der Waals surface area contributed by atoms with E-state index in [0.29, 0.717) is 5.92 Å². The molecule has 0 spiro atoms. The number of carbonyl (C=O) groups excluding carboxylic acids is 1. The minimum absolute atomic E-state index is 0.212. The average Bonchev–Trinajstić information content (AvgIpc) is 2.88. The smallest absolute Gasteiger partial charge is 0.227 e. The molecular formula is C17H25NO. The van der Waals surface area contributed by atoms with Gasteiger partial charge in [0.1, 0.15) is 0 Å². The van der Waals surface area contributed by atoms with Gasteiger partial charge >= 0.3 is 0 Å². The number of anilines is 1. The lowest BCUT2D eigenvalue weighted by Gasteiger charge is -2.16. The number of para-hydroxylation sites is 1. The molecular weight excluding hydrogens is 234 g/mol. The molecule has 1 aromatic rings. The third kappa shape index (κ3) is 3.37. The molecule has 1 aromatic carbocycles. The van der Waals surface area contributed by atoms with Gasteiger partial charge in [0.15, 0.2) is 0 Å². The van der Waals surface area contributed by atoms with Gasteiger partial charge in [-0.15, -0.1) is 0 Å². The van der Waals surface area contributed by atoms with Crippen molar-refractivity contribution in [2.75, 3.05) is 5.32 Å². The number of nitrogens with one attached hydrogen (secondary N) is 1. The summed E-state index contributed by atoms with van der Waals surface area (Å²) in [6.45, 7) is 6.54. The van der Waals surface area contributed by atoms with Crippen LogP contribution in [0.3, 0.4) is 0 Å². The van der Waals surface area contributed by atoms with Crippen LogP contribution < -0.4 is 5.32 Å². The molecule has 104 valence electrons. The molecule has 1 N–H and O–H groups in total. The maximum atomic E-state index is 12.3. The summed E-state index contributed by atoms with van der Waals surface area (Å²) in [6, 6.07) is 8.14. The van der Waals surface area contributed by atoms with Gasteiger partial charge in [-0.3, -0.25) is 4.79 Å². The predicted octanol–water partition coefficient (Wildman–Crippen LogP) is 4.57. The standard InChI is InChI=1S/C17H25NO/c1-4-13-9-10-14(11-13)17(19)18-16-8-6-5-7-15(16)12(2)3/h5-8,12-14H,4,9-11H2,1-3H3,(H,18,19). The van der Waals surface area contributed by atoms with Crippen molar-refractivity contribution in [3.05, 3.63) is 29.8 Å². The van der Waals surface area contributed by atoms with Crippen LogP contribution in [0.5, 0.6) is 0 Å². The first-order valence-corrected chi connectivity index (χ1v) is 7.51. The van der Waals surface area contributed by atoms with Gasteiger partial charge < -0.3 is 5.32 Å². The Bertz CT molecular complexity index is 439. The number of rotatable bonds is 4. The molecule has 0 saturated heterocycles. The van der Waals surface area contributed by atoms with E-state index in [-0.39, 0.29) is 11.8 Å². The Hall–Kier alpha value is -1.31. The lowest BCUT2D eigenvalue weighted by Crippen LogP contribution is -2.21. The highest BCUT2D eigenvalue weighted by molar-refractivity contribution is 5.93. The predicted molar refractivity (Wildman–Crippen MR) is 80.3 cm³/mol. The first kappa shape index (κ1) is 14.1. The van der Waals surface area contributed by atoms with Gasteiger partial charge in [0, 0.05) is 11.6 Å². The van der Waals surface area contributed by atoms with Crippen LogP contribution in [0.1, 0.15) is 57.9 Å². The molecule has 0 aromatic heterocycles. The molecule has 1 fully saturated rings. The molecule has 0 heterocycles. The Kier molecular flexibility index (Phi) is 4.62. The number of carbonyl (C=O) groups is 1. The van der Waals surface area contributed by atoms with Gasteiger partial charge in [-0.2, -0.15) is 0 Å². The minimum atomic E-state index is 0.212. The van der Waals surface area contributed by atoms with Crippen molar-refractivity contribution in [2.24, 2.45) is 11.8 Å². The molecule has 1 amide bonds. The summed E-state index contributed by atoms with van der Waals surface area (Å²) in [6.07, 6.45) is 4.52. The lowest BCUT2D eigenvalue weighted by atomic mass is 9.99. The van der Waals surface area contributed by atoms with Crippen LogP contribution in [-0.2, 0) is 4.79 Å². The number of amides is 1. The van der Waals surface area contributed by atoms with Crippen LogP contribution in [0.2, 0.25) is 0 Å². The maximum absolute atomic E-state index is 12.3. The fourth-order valence-corrected chi connectivity index (χ4v) is 3.03. The van der Waals surface area contributed by atoms with Gasteiger partial charge in [-0.25, -0.2) is 0 Å². The van der Waals surface area contributed by atoms with Crippen LogP contribution in [0.15, 0.2) is 24.3 Å². The van der Waals surface area contributed by atoms with Gasteiger partial charge in [0.2, 0.25) is 5.91 Å². The quantitative estimate of drug-likeness (QED) is 0.842. The monoisotopic (exact) mass is 259 g/mol. The van der Waals surface area contributed by atoms with Crippen molar-refractivity contribution >= 4 is 11.6 Å². The summed E-state index contributed by atoms with van der Waals surface area (Å²) in [5, 5.41) is 3.14. The third-order valence-corrected chi connectivity index (χ3v) is 4.33. The van der Waals surface area contributed by atoms with E-state index in [2.05, 4.69) is 32.2 Å². The fraction of sp³-hybridized carbons (Fsp3) is 0.588. The average molecular weight is 259 g/mol. The van der Waals surface area contributed by atoms with E-state index in [4.69, 9.17) is 0 Å². The van der Waals surface area contributed by atoms with Crippen molar-refractivity contribution in [1.29, 1.82) is 0 Å². The first-order chi connectivity index (χ1) is 9.11. The van der Waals surface area contributed by atoms with E-state index in [0.717, 1.165) is 24.4 Å². The Morgan fingerprint density at radius 1 is 1.32 bits per heavy atom. The molecule has 2 atom stereocenters. The minimum Gasteiger partial charge on any atom is -0.326 e. The van der Waals surface area contributed by atoms with Crippen LogP contribution in [0.4, 0.5) is 5.69 Å². The molecule has 0 bridgehead atoms. The molecule has 2 heteroatoms. The zero-order valence-electron chi connectivity index (χ0n) is 12.3. The van der Waals surface area contributed by atoms with Crippen molar-refractivity contribution in [1.82, 2.24) is 0 Å². The van der Waals surface area contributed by atoms with E-state index in [1.54, 1.807) is 0 Å². The van der Waals surface area contributed by atoms with Crippen molar-refractivity contribution in [2.45, 2.75) is 52.4 Å². The van der Waals surface area contributed by atoms with Crippen LogP contribution in [0, 0.1) is 11.8 Å². The Morgan fingerprint density at radius 3 is 2.68 bits per heavy atom. The Balaban J connectivity index is 2.03. The number of benzene rings is 1. The second-order valence-electron chi connectivity index (χ2n) is 6.02. The van der Waals surface area contributed by atoms with Crippen molar-refractivity contribution in [3.63, 3.8) is 0 Å². The van der Waals surface area contributed by atoms with Crippen molar-refractivity contribution in [3.8, 4) is 0 Å². The fourth-order valence-electron chi connectivity index (χ4n) is 3.03. The summed E-state index contributed by atoms with van der Waals surface area (Å²) in [5.74, 6) is 1.61. The number of hydrogen-bond donors (Lipinski definition) is 1. The molecule has 0 aliphatic heterocycles.